The van der Waals surface area contributed by atoms with Gasteiger partial charge in [-0.25, -0.2) is 17.1 Å². The molecule has 1 atom stereocenters. The third-order valence-electron chi connectivity index (χ3n) is 3.77. The number of carbonyl (C=O) groups excluding carboxylic acids is 2. The molecule has 0 aliphatic rings. The Balaban J connectivity index is 2.04. The molecule has 2 aromatic rings. The number of amides is 2. The first-order valence-electron chi connectivity index (χ1n) is 8.02. The highest BCUT2D eigenvalue weighted by atomic mass is 32.2. The molecular weight excluding hydrogens is 373 g/mol. The number of sulfonamides is 1. The van der Waals surface area contributed by atoms with Crippen molar-refractivity contribution in [1.29, 1.82) is 0 Å². The maximum atomic E-state index is 13.6. The third kappa shape index (κ3) is 4.89. The highest BCUT2D eigenvalue weighted by Gasteiger charge is 2.20. The van der Waals surface area contributed by atoms with E-state index in [2.05, 4.69) is 10.6 Å². The molecule has 2 N–H and O–H groups in total. The first kappa shape index (κ1) is 20.5. The topological polar surface area (TPSA) is 95.6 Å². The largest absolute Gasteiger partial charge is 0.341 e. The lowest BCUT2D eigenvalue weighted by molar-refractivity contribution is -0.117. The van der Waals surface area contributed by atoms with Crippen LogP contribution in [0.1, 0.15) is 17.3 Å². The van der Waals surface area contributed by atoms with Crippen LogP contribution in [0.3, 0.4) is 0 Å². The number of nitrogens with zero attached hydrogens (tertiary/aromatic N) is 1. The Kier molecular flexibility index (Phi) is 6.29. The zero-order valence-electron chi connectivity index (χ0n) is 15.1. The zero-order valence-corrected chi connectivity index (χ0v) is 15.9. The summed E-state index contributed by atoms with van der Waals surface area (Å²) in [6.45, 7) is 1.46. The van der Waals surface area contributed by atoms with Crippen molar-refractivity contribution in [3.05, 3.63) is 59.9 Å². The molecule has 0 bridgehead atoms. The Hall–Kier alpha value is -2.78. The molecule has 0 spiro atoms. The van der Waals surface area contributed by atoms with Crippen LogP contribution in [-0.4, -0.2) is 44.7 Å². The summed E-state index contributed by atoms with van der Waals surface area (Å²) in [5, 5.41) is 4.88. The number of para-hydroxylation sites is 1. The van der Waals surface area contributed by atoms with Gasteiger partial charge in [-0.05, 0) is 43.3 Å². The van der Waals surface area contributed by atoms with Crippen LogP contribution in [0.25, 0.3) is 0 Å². The van der Waals surface area contributed by atoms with E-state index < -0.39 is 33.7 Å². The van der Waals surface area contributed by atoms with Crippen LogP contribution >= 0.6 is 0 Å². The Morgan fingerprint density at radius 3 is 2.19 bits per heavy atom. The molecule has 0 aromatic heterocycles. The minimum absolute atomic E-state index is 0.0156. The average molecular weight is 393 g/mol. The number of carbonyl (C=O) groups is 2. The van der Waals surface area contributed by atoms with Crippen molar-refractivity contribution >= 4 is 27.5 Å². The van der Waals surface area contributed by atoms with Crippen molar-refractivity contribution in [2.24, 2.45) is 0 Å². The van der Waals surface area contributed by atoms with Crippen molar-refractivity contribution in [2.45, 2.75) is 17.9 Å². The molecule has 0 saturated heterocycles. The fraction of sp³-hybridized carbons (Fsp3) is 0.222. The minimum atomic E-state index is -3.59. The predicted molar refractivity (Wildman–Crippen MR) is 99.3 cm³/mol. The van der Waals surface area contributed by atoms with Gasteiger partial charge in [-0.1, -0.05) is 12.1 Å². The Labute approximate surface area is 157 Å². The van der Waals surface area contributed by atoms with E-state index in [0.29, 0.717) is 0 Å². The van der Waals surface area contributed by atoms with Crippen LogP contribution in [0.5, 0.6) is 0 Å². The van der Waals surface area contributed by atoms with E-state index in [9.17, 15) is 22.4 Å². The van der Waals surface area contributed by atoms with Gasteiger partial charge < -0.3 is 10.6 Å². The number of nitrogens with one attached hydrogen (secondary N) is 2. The fourth-order valence-electron chi connectivity index (χ4n) is 2.14. The summed E-state index contributed by atoms with van der Waals surface area (Å²) < 4.78 is 38.7. The summed E-state index contributed by atoms with van der Waals surface area (Å²) in [7, 11) is -0.775. The number of anilines is 1. The number of hydrogen-bond donors (Lipinski definition) is 2. The third-order valence-corrected chi connectivity index (χ3v) is 5.60. The lowest BCUT2D eigenvalue weighted by atomic mass is 10.2. The molecule has 7 nitrogen and oxygen atoms in total. The average Bonchev–Trinajstić information content (AvgIpc) is 2.63. The van der Waals surface area contributed by atoms with Crippen molar-refractivity contribution in [3.63, 3.8) is 0 Å². The smallest absolute Gasteiger partial charge is 0.251 e. The van der Waals surface area contributed by atoms with Gasteiger partial charge in [0.15, 0.2) is 0 Å². The van der Waals surface area contributed by atoms with Crippen molar-refractivity contribution < 1.29 is 22.4 Å². The summed E-state index contributed by atoms with van der Waals surface area (Å²) in [4.78, 5) is 24.4. The van der Waals surface area contributed by atoms with Crippen LogP contribution in [-0.2, 0) is 14.8 Å². The standard InChI is InChI=1S/C18H20FN3O4S/c1-12(17(23)21-16-7-5-4-6-15(16)19)20-18(24)13-8-10-14(11-9-13)27(25,26)22(2)3/h4-12H,1-3H3,(H,20,24)(H,21,23). The van der Waals surface area contributed by atoms with Gasteiger partial charge in [0, 0.05) is 19.7 Å². The molecule has 0 heterocycles. The quantitative estimate of drug-likeness (QED) is 0.783. The van der Waals surface area contributed by atoms with Crippen LogP contribution in [0.15, 0.2) is 53.4 Å². The molecule has 0 radical (unpaired) electrons. The molecule has 144 valence electrons. The van der Waals surface area contributed by atoms with E-state index in [1.54, 1.807) is 6.07 Å². The van der Waals surface area contributed by atoms with Crippen LogP contribution in [0.4, 0.5) is 10.1 Å². The van der Waals surface area contributed by atoms with E-state index in [0.717, 1.165) is 4.31 Å². The maximum Gasteiger partial charge on any atom is 0.251 e. The van der Waals surface area contributed by atoms with Gasteiger partial charge in [-0.2, -0.15) is 0 Å². The summed E-state index contributed by atoms with van der Waals surface area (Å²) in [6, 6.07) is 10.1. The van der Waals surface area contributed by atoms with E-state index in [4.69, 9.17) is 0 Å². The normalized spacial score (nSPS) is 12.5. The van der Waals surface area contributed by atoms with Gasteiger partial charge in [-0.3, -0.25) is 9.59 Å². The number of benzene rings is 2. The Morgan fingerprint density at radius 2 is 1.63 bits per heavy atom. The number of rotatable bonds is 6. The zero-order chi connectivity index (χ0) is 20.2. The second kappa shape index (κ2) is 8.28. The van der Waals surface area contributed by atoms with E-state index in [1.807, 2.05) is 0 Å². The number of hydrogen-bond acceptors (Lipinski definition) is 4. The molecule has 0 fully saturated rings. The summed E-state index contributed by atoms with van der Waals surface area (Å²) in [5.41, 5.74) is 0.208. The van der Waals surface area contributed by atoms with Crippen molar-refractivity contribution in [2.75, 3.05) is 19.4 Å². The lowest BCUT2D eigenvalue weighted by Crippen LogP contribution is -2.41. The summed E-state index contributed by atoms with van der Waals surface area (Å²) in [5.74, 6) is -1.72. The molecule has 0 aliphatic carbocycles. The molecular formula is C18H20FN3O4S. The van der Waals surface area contributed by atoms with Gasteiger partial charge in [0.1, 0.15) is 11.9 Å². The van der Waals surface area contributed by atoms with Crippen LogP contribution in [0.2, 0.25) is 0 Å². The molecule has 27 heavy (non-hydrogen) atoms. The first-order valence-corrected chi connectivity index (χ1v) is 9.46. The highest BCUT2D eigenvalue weighted by Crippen LogP contribution is 2.15. The Bertz CT molecular complexity index is 943. The Morgan fingerprint density at radius 1 is 1.04 bits per heavy atom. The van der Waals surface area contributed by atoms with Gasteiger partial charge >= 0.3 is 0 Å². The highest BCUT2D eigenvalue weighted by molar-refractivity contribution is 7.89. The van der Waals surface area contributed by atoms with E-state index >= 15 is 0 Å². The SMILES string of the molecule is CC(NC(=O)c1ccc(S(=O)(=O)N(C)C)cc1)C(=O)Nc1ccccc1F. The van der Waals surface area contributed by atoms with Gasteiger partial charge in [-0.15, -0.1) is 0 Å². The fourth-order valence-corrected chi connectivity index (χ4v) is 3.04. The molecule has 2 amide bonds. The predicted octanol–water partition coefficient (Wildman–Crippen LogP) is 1.83. The summed E-state index contributed by atoms with van der Waals surface area (Å²) >= 11 is 0. The second-order valence-corrected chi connectivity index (χ2v) is 8.13. The van der Waals surface area contributed by atoms with Crippen molar-refractivity contribution in [1.82, 2.24) is 9.62 Å². The van der Waals surface area contributed by atoms with E-state index in [-0.39, 0.29) is 16.1 Å². The number of halogens is 1. The lowest BCUT2D eigenvalue weighted by Gasteiger charge is -2.15. The first-order chi connectivity index (χ1) is 12.6. The molecule has 0 aliphatic heterocycles. The molecule has 2 rings (SSSR count). The molecule has 0 saturated carbocycles. The van der Waals surface area contributed by atoms with Gasteiger partial charge in [0.25, 0.3) is 5.91 Å². The second-order valence-electron chi connectivity index (χ2n) is 5.98. The van der Waals surface area contributed by atoms with Crippen molar-refractivity contribution in [3.8, 4) is 0 Å². The monoisotopic (exact) mass is 393 g/mol. The van der Waals surface area contributed by atoms with Gasteiger partial charge in [0.2, 0.25) is 15.9 Å². The minimum Gasteiger partial charge on any atom is -0.341 e. The van der Waals surface area contributed by atoms with Crippen LogP contribution in [0, 0.1) is 5.82 Å². The molecule has 2 aromatic carbocycles. The summed E-state index contributed by atoms with van der Waals surface area (Å²) in [6.07, 6.45) is 0. The van der Waals surface area contributed by atoms with Gasteiger partial charge in [0.05, 0.1) is 10.6 Å². The molecule has 9 heteroatoms. The van der Waals surface area contributed by atoms with E-state index in [1.165, 1.54) is 63.5 Å². The van der Waals surface area contributed by atoms with Crippen LogP contribution < -0.4 is 10.6 Å². The maximum absolute atomic E-state index is 13.6. The molecule has 1 unspecified atom stereocenters.